The van der Waals surface area contributed by atoms with Gasteiger partial charge in [0.1, 0.15) is 5.82 Å². The van der Waals surface area contributed by atoms with Crippen molar-refractivity contribution < 1.29 is 23.4 Å². The van der Waals surface area contributed by atoms with Crippen molar-refractivity contribution in [2.24, 2.45) is 0 Å². The van der Waals surface area contributed by atoms with Crippen molar-refractivity contribution in [2.45, 2.75) is 12.8 Å². The molecule has 1 aliphatic heterocycles. The van der Waals surface area contributed by atoms with Gasteiger partial charge < -0.3 is 24.4 Å². The summed E-state index contributed by atoms with van der Waals surface area (Å²) in [6, 6.07) is 7.56. The maximum absolute atomic E-state index is 13.8. The largest absolute Gasteiger partial charge is 0.493 e. The van der Waals surface area contributed by atoms with Gasteiger partial charge in [0.25, 0.3) is 5.91 Å². The van der Waals surface area contributed by atoms with Crippen LogP contribution in [0.3, 0.4) is 0 Å². The highest BCUT2D eigenvalue weighted by molar-refractivity contribution is 6.06. The highest BCUT2D eigenvalue weighted by Gasteiger charge is 2.20. The lowest BCUT2D eigenvalue weighted by molar-refractivity contribution is 0.102. The van der Waals surface area contributed by atoms with Crippen LogP contribution in [0.15, 0.2) is 30.3 Å². The monoisotopic (exact) mass is 374 g/mol. The minimum absolute atomic E-state index is 0.320. The summed E-state index contributed by atoms with van der Waals surface area (Å²) in [4.78, 5) is 15.0. The summed E-state index contributed by atoms with van der Waals surface area (Å²) in [5.41, 5.74) is 1.58. The van der Waals surface area contributed by atoms with Gasteiger partial charge in [-0.25, -0.2) is 4.39 Å². The molecule has 7 heteroatoms. The second kappa shape index (κ2) is 8.16. The minimum atomic E-state index is -0.405. The van der Waals surface area contributed by atoms with Crippen molar-refractivity contribution in [2.75, 3.05) is 44.6 Å². The van der Waals surface area contributed by atoms with Gasteiger partial charge in [0.2, 0.25) is 5.75 Å². The molecule has 0 aromatic heterocycles. The zero-order chi connectivity index (χ0) is 19.4. The lowest BCUT2D eigenvalue weighted by atomic mass is 10.1. The van der Waals surface area contributed by atoms with Crippen LogP contribution >= 0.6 is 0 Å². The van der Waals surface area contributed by atoms with Crippen LogP contribution < -0.4 is 24.4 Å². The lowest BCUT2D eigenvalue weighted by Gasteiger charge is -2.22. The van der Waals surface area contributed by atoms with Gasteiger partial charge >= 0.3 is 0 Å². The van der Waals surface area contributed by atoms with Crippen LogP contribution in [0.25, 0.3) is 0 Å². The topological polar surface area (TPSA) is 60.0 Å². The van der Waals surface area contributed by atoms with Crippen LogP contribution in [0, 0.1) is 5.82 Å². The highest BCUT2D eigenvalue weighted by atomic mass is 19.1. The van der Waals surface area contributed by atoms with E-state index < -0.39 is 5.82 Å². The van der Waals surface area contributed by atoms with Gasteiger partial charge in [-0.15, -0.1) is 0 Å². The Balaban J connectivity index is 1.93. The SMILES string of the molecule is COc1cc(C(=O)Nc2cc(F)ccc2N2CCCC2)cc(OC)c1OC. The molecular formula is C20H23FN2O4. The molecule has 6 nitrogen and oxygen atoms in total. The van der Waals surface area contributed by atoms with Gasteiger partial charge in [-0.2, -0.15) is 0 Å². The number of halogens is 1. The number of benzene rings is 2. The van der Waals surface area contributed by atoms with Crippen molar-refractivity contribution in [3.63, 3.8) is 0 Å². The van der Waals surface area contributed by atoms with E-state index in [0.29, 0.717) is 28.5 Å². The molecule has 144 valence electrons. The predicted molar refractivity (Wildman–Crippen MR) is 102 cm³/mol. The van der Waals surface area contributed by atoms with Crippen molar-refractivity contribution >= 4 is 17.3 Å². The molecule has 0 saturated carbocycles. The summed E-state index contributed by atoms with van der Waals surface area (Å²) in [6.45, 7) is 1.78. The number of anilines is 2. The van der Waals surface area contributed by atoms with E-state index in [1.807, 2.05) is 0 Å². The normalized spacial score (nSPS) is 13.4. The van der Waals surface area contributed by atoms with Gasteiger partial charge in [-0.1, -0.05) is 0 Å². The Bertz CT molecular complexity index is 810. The fourth-order valence-electron chi connectivity index (χ4n) is 3.25. The van der Waals surface area contributed by atoms with Gasteiger partial charge in [0.15, 0.2) is 11.5 Å². The van der Waals surface area contributed by atoms with Crippen LogP contribution in [-0.4, -0.2) is 40.3 Å². The van der Waals surface area contributed by atoms with Crippen LogP contribution in [0.1, 0.15) is 23.2 Å². The maximum Gasteiger partial charge on any atom is 0.255 e. The molecule has 2 aromatic rings. The van der Waals surface area contributed by atoms with Gasteiger partial charge in [-0.05, 0) is 43.2 Å². The van der Waals surface area contributed by atoms with E-state index in [1.165, 1.54) is 33.5 Å². The van der Waals surface area contributed by atoms with E-state index in [2.05, 4.69) is 10.2 Å². The third-order valence-electron chi connectivity index (χ3n) is 4.58. The van der Waals surface area contributed by atoms with E-state index in [4.69, 9.17) is 14.2 Å². The molecule has 1 N–H and O–H groups in total. The molecule has 1 heterocycles. The summed E-state index contributed by atoms with van der Waals surface area (Å²) in [5, 5.41) is 2.81. The Morgan fingerprint density at radius 1 is 1.00 bits per heavy atom. The molecule has 3 rings (SSSR count). The fraction of sp³-hybridized carbons (Fsp3) is 0.350. The number of nitrogens with zero attached hydrogens (tertiary/aromatic N) is 1. The first-order chi connectivity index (χ1) is 13.1. The van der Waals surface area contributed by atoms with E-state index in [0.717, 1.165) is 31.6 Å². The molecule has 27 heavy (non-hydrogen) atoms. The Kier molecular flexibility index (Phi) is 5.69. The average molecular weight is 374 g/mol. The van der Waals surface area contributed by atoms with Gasteiger partial charge in [-0.3, -0.25) is 4.79 Å². The molecule has 0 unspecified atom stereocenters. The average Bonchev–Trinajstić information content (AvgIpc) is 3.21. The predicted octanol–water partition coefficient (Wildman–Crippen LogP) is 3.70. The molecule has 0 spiro atoms. The summed E-state index contributed by atoms with van der Waals surface area (Å²) >= 11 is 0. The Morgan fingerprint density at radius 3 is 2.19 bits per heavy atom. The third-order valence-corrected chi connectivity index (χ3v) is 4.58. The molecule has 0 aliphatic carbocycles. The molecule has 1 saturated heterocycles. The minimum Gasteiger partial charge on any atom is -0.493 e. The Labute approximate surface area is 157 Å². The number of amides is 1. The number of hydrogen-bond donors (Lipinski definition) is 1. The number of rotatable bonds is 6. The number of methoxy groups -OCH3 is 3. The number of carbonyl (C=O) groups is 1. The molecule has 1 amide bonds. The Hall–Kier alpha value is -2.96. The first-order valence-electron chi connectivity index (χ1n) is 8.73. The zero-order valence-corrected chi connectivity index (χ0v) is 15.7. The molecule has 1 aliphatic rings. The molecule has 0 atom stereocenters. The molecule has 2 aromatic carbocycles. The van der Waals surface area contributed by atoms with Crippen molar-refractivity contribution in [3.8, 4) is 17.2 Å². The zero-order valence-electron chi connectivity index (χ0n) is 15.7. The quantitative estimate of drug-likeness (QED) is 0.835. The number of nitrogens with one attached hydrogen (secondary N) is 1. The standard InChI is InChI=1S/C20H23FN2O4/c1-25-17-10-13(11-18(26-2)19(17)27-3)20(24)22-15-12-14(21)6-7-16(15)23-8-4-5-9-23/h6-7,10-12H,4-5,8-9H2,1-3H3,(H,22,24). The smallest absolute Gasteiger partial charge is 0.255 e. The molecule has 0 bridgehead atoms. The highest BCUT2D eigenvalue weighted by Crippen LogP contribution is 2.38. The van der Waals surface area contributed by atoms with E-state index in [9.17, 15) is 9.18 Å². The second-order valence-corrected chi connectivity index (χ2v) is 6.22. The van der Waals surface area contributed by atoms with Gasteiger partial charge in [0.05, 0.1) is 32.7 Å². The van der Waals surface area contributed by atoms with Crippen molar-refractivity contribution in [1.82, 2.24) is 0 Å². The lowest BCUT2D eigenvalue weighted by Crippen LogP contribution is -2.21. The molecule has 1 fully saturated rings. The number of hydrogen-bond acceptors (Lipinski definition) is 5. The second-order valence-electron chi connectivity index (χ2n) is 6.22. The number of ether oxygens (including phenoxy) is 3. The fourth-order valence-corrected chi connectivity index (χ4v) is 3.25. The van der Waals surface area contributed by atoms with E-state index >= 15 is 0 Å². The van der Waals surface area contributed by atoms with Crippen LogP contribution in [0.5, 0.6) is 17.2 Å². The number of carbonyl (C=O) groups excluding carboxylic acids is 1. The van der Waals surface area contributed by atoms with Crippen molar-refractivity contribution in [1.29, 1.82) is 0 Å². The van der Waals surface area contributed by atoms with E-state index in [1.54, 1.807) is 18.2 Å². The van der Waals surface area contributed by atoms with Crippen LogP contribution in [0.2, 0.25) is 0 Å². The van der Waals surface area contributed by atoms with E-state index in [-0.39, 0.29) is 5.91 Å². The van der Waals surface area contributed by atoms with Crippen LogP contribution in [0.4, 0.5) is 15.8 Å². The third kappa shape index (κ3) is 3.92. The molecular weight excluding hydrogens is 351 g/mol. The first kappa shape index (κ1) is 18.8. The Morgan fingerprint density at radius 2 is 1.63 bits per heavy atom. The summed E-state index contributed by atoms with van der Waals surface area (Å²) in [6.07, 6.45) is 2.16. The van der Waals surface area contributed by atoms with Crippen molar-refractivity contribution in [3.05, 3.63) is 41.7 Å². The van der Waals surface area contributed by atoms with Crippen LogP contribution in [-0.2, 0) is 0 Å². The molecule has 0 radical (unpaired) electrons. The summed E-state index contributed by atoms with van der Waals surface area (Å²) in [5.74, 6) is 0.362. The summed E-state index contributed by atoms with van der Waals surface area (Å²) < 4.78 is 29.7. The first-order valence-corrected chi connectivity index (χ1v) is 8.73. The summed E-state index contributed by atoms with van der Waals surface area (Å²) in [7, 11) is 4.46. The van der Waals surface area contributed by atoms with Gasteiger partial charge in [0, 0.05) is 18.7 Å². The maximum atomic E-state index is 13.8.